The summed E-state index contributed by atoms with van der Waals surface area (Å²) in [4.78, 5) is 13.8. The van der Waals surface area contributed by atoms with Crippen LogP contribution in [0.25, 0.3) is 0 Å². The molecule has 1 atom stereocenters. The quantitative estimate of drug-likeness (QED) is 0.589. The molecule has 1 aliphatic rings. The van der Waals surface area contributed by atoms with Crippen molar-refractivity contribution in [2.45, 2.75) is 49.8 Å². The summed E-state index contributed by atoms with van der Waals surface area (Å²) in [5, 5.41) is 18.0. The van der Waals surface area contributed by atoms with E-state index in [1.54, 1.807) is 11.3 Å². The zero-order valence-corrected chi connectivity index (χ0v) is 17.4. The first-order valence-corrected chi connectivity index (χ1v) is 11.4. The molecule has 0 saturated heterocycles. The monoisotopic (exact) mass is 413 g/mol. The number of aryl methyl sites for hydroxylation is 1. The van der Waals surface area contributed by atoms with Crippen molar-refractivity contribution >= 4 is 29.0 Å². The Morgan fingerprint density at radius 3 is 2.79 bits per heavy atom. The highest BCUT2D eigenvalue weighted by molar-refractivity contribution is 7.99. The maximum Gasteiger partial charge on any atom is 0.231 e. The maximum absolute atomic E-state index is 12.7. The first-order chi connectivity index (χ1) is 13.7. The normalized spacial score (nSPS) is 15.6. The third kappa shape index (κ3) is 4.44. The molecule has 2 heterocycles. The average Bonchev–Trinajstić information content (AvgIpc) is 3.47. The Bertz CT molecular complexity index is 901. The third-order valence-corrected chi connectivity index (χ3v) is 6.88. The van der Waals surface area contributed by atoms with Gasteiger partial charge in [-0.25, -0.2) is 4.68 Å². The van der Waals surface area contributed by atoms with E-state index in [2.05, 4.69) is 58.1 Å². The number of thioether (sulfide) groups is 1. The van der Waals surface area contributed by atoms with Crippen LogP contribution in [0.3, 0.4) is 0 Å². The van der Waals surface area contributed by atoms with Gasteiger partial charge in [0.15, 0.2) is 0 Å². The number of nitrogens with zero attached hydrogens (tertiary/aromatic N) is 4. The number of carbonyl (C=O) groups excluding carboxylic acids is 1. The van der Waals surface area contributed by atoms with Crippen molar-refractivity contribution in [3.8, 4) is 0 Å². The van der Waals surface area contributed by atoms with Crippen LogP contribution in [0.2, 0.25) is 0 Å². The van der Waals surface area contributed by atoms with E-state index in [9.17, 15) is 4.79 Å². The Hall–Kier alpha value is -2.19. The molecule has 1 N–H and O–H groups in total. The molecule has 1 unspecified atom stereocenters. The lowest BCUT2D eigenvalue weighted by Crippen LogP contribution is -2.30. The molecular weight excluding hydrogens is 390 g/mol. The Kier molecular flexibility index (Phi) is 6.07. The van der Waals surface area contributed by atoms with Crippen LogP contribution in [0.15, 0.2) is 46.9 Å². The van der Waals surface area contributed by atoms with Crippen LogP contribution in [0.5, 0.6) is 0 Å². The zero-order chi connectivity index (χ0) is 19.3. The van der Waals surface area contributed by atoms with Gasteiger partial charge in [-0.05, 0) is 47.2 Å². The van der Waals surface area contributed by atoms with Gasteiger partial charge >= 0.3 is 0 Å². The molecule has 2 aromatic heterocycles. The Balaban J connectivity index is 1.42. The summed E-state index contributed by atoms with van der Waals surface area (Å²) in [6.45, 7) is 2.06. The molecule has 1 aromatic carbocycles. The molecule has 1 saturated carbocycles. The number of amides is 1. The number of thiophene rings is 1. The lowest BCUT2D eigenvalue weighted by atomic mass is 10.0. The van der Waals surface area contributed by atoms with E-state index in [0.717, 1.165) is 28.4 Å². The second-order valence-electron chi connectivity index (χ2n) is 7.06. The highest BCUT2D eigenvalue weighted by atomic mass is 32.2. The number of aromatic nitrogens is 4. The van der Waals surface area contributed by atoms with Crippen molar-refractivity contribution in [3.63, 3.8) is 0 Å². The van der Waals surface area contributed by atoms with Gasteiger partial charge in [-0.3, -0.25) is 4.79 Å². The summed E-state index contributed by atoms with van der Waals surface area (Å²) < 4.78 is 1.89. The minimum absolute atomic E-state index is 0.0232. The lowest BCUT2D eigenvalue weighted by Gasteiger charge is -2.18. The molecule has 1 fully saturated rings. The highest BCUT2D eigenvalue weighted by Crippen LogP contribution is 2.31. The molecule has 0 radical (unpaired) electrons. The summed E-state index contributed by atoms with van der Waals surface area (Å²) in [6.07, 6.45) is 4.65. The molecule has 1 aliphatic carbocycles. The second-order valence-corrected chi connectivity index (χ2v) is 8.98. The number of carbonyl (C=O) groups is 1. The van der Waals surface area contributed by atoms with Crippen LogP contribution in [0.4, 0.5) is 0 Å². The van der Waals surface area contributed by atoms with Gasteiger partial charge in [-0.1, -0.05) is 60.5 Å². The van der Waals surface area contributed by atoms with Gasteiger partial charge in [-0.2, -0.15) is 0 Å². The fourth-order valence-electron chi connectivity index (χ4n) is 3.52. The Labute approximate surface area is 172 Å². The molecule has 0 spiro atoms. The summed E-state index contributed by atoms with van der Waals surface area (Å²) >= 11 is 3.05. The van der Waals surface area contributed by atoms with Crippen LogP contribution in [-0.4, -0.2) is 31.9 Å². The fraction of sp³-hybridized carbons (Fsp3) is 0.400. The number of rotatable bonds is 7. The van der Waals surface area contributed by atoms with Crippen molar-refractivity contribution < 1.29 is 4.79 Å². The van der Waals surface area contributed by atoms with E-state index >= 15 is 0 Å². The maximum atomic E-state index is 12.7. The summed E-state index contributed by atoms with van der Waals surface area (Å²) in [6, 6.07) is 12.6. The highest BCUT2D eigenvalue weighted by Gasteiger charge is 2.23. The van der Waals surface area contributed by atoms with Gasteiger partial charge in [0.25, 0.3) is 0 Å². The molecular formula is C20H23N5OS2. The minimum Gasteiger partial charge on any atom is -0.344 e. The zero-order valence-electron chi connectivity index (χ0n) is 15.7. The van der Waals surface area contributed by atoms with Crippen LogP contribution in [0, 0.1) is 6.92 Å². The molecule has 4 rings (SSSR count). The smallest absolute Gasteiger partial charge is 0.231 e. The summed E-state index contributed by atoms with van der Waals surface area (Å²) in [5.41, 5.74) is 2.29. The Morgan fingerprint density at radius 1 is 1.29 bits per heavy atom. The lowest BCUT2D eigenvalue weighted by molar-refractivity contribution is -0.119. The third-order valence-electron chi connectivity index (χ3n) is 5.01. The molecule has 3 aromatic rings. The molecule has 28 heavy (non-hydrogen) atoms. The first kappa shape index (κ1) is 19.1. The average molecular weight is 414 g/mol. The van der Waals surface area contributed by atoms with Crippen LogP contribution in [0.1, 0.15) is 53.8 Å². The van der Waals surface area contributed by atoms with E-state index in [4.69, 9.17) is 0 Å². The molecule has 146 valence electrons. The number of tetrazole rings is 1. The van der Waals surface area contributed by atoms with Gasteiger partial charge in [0, 0.05) is 4.88 Å². The Morgan fingerprint density at radius 2 is 2.07 bits per heavy atom. The molecule has 1 amide bonds. The van der Waals surface area contributed by atoms with Crippen molar-refractivity contribution in [2.24, 2.45) is 0 Å². The number of hydrogen-bond donors (Lipinski definition) is 1. The molecule has 0 bridgehead atoms. The number of nitrogens with one attached hydrogen (secondary N) is 1. The van der Waals surface area contributed by atoms with Crippen LogP contribution >= 0.6 is 23.1 Å². The van der Waals surface area contributed by atoms with Gasteiger partial charge < -0.3 is 5.32 Å². The molecule has 6 nitrogen and oxygen atoms in total. The van der Waals surface area contributed by atoms with Gasteiger partial charge in [0.1, 0.15) is 0 Å². The largest absolute Gasteiger partial charge is 0.344 e. The molecule has 8 heteroatoms. The topological polar surface area (TPSA) is 72.7 Å². The number of benzene rings is 1. The van der Waals surface area contributed by atoms with Gasteiger partial charge in [0.05, 0.1) is 17.8 Å². The van der Waals surface area contributed by atoms with Crippen LogP contribution < -0.4 is 5.32 Å². The van der Waals surface area contributed by atoms with Gasteiger partial charge in [0.2, 0.25) is 11.1 Å². The van der Waals surface area contributed by atoms with Crippen molar-refractivity contribution in [2.75, 3.05) is 5.75 Å². The number of hydrogen-bond acceptors (Lipinski definition) is 6. The van der Waals surface area contributed by atoms with E-state index < -0.39 is 0 Å². The minimum atomic E-state index is -0.139. The van der Waals surface area contributed by atoms with Crippen molar-refractivity contribution in [1.82, 2.24) is 25.5 Å². The van der Waals surface area contributed by atoms with Crippen molar-refractivity contribution in [3.05, 3.63) is 57.8 Å². The summed E-state index contributed by atoms with van der Waals surface area (Å²) in [7, 11) is 0. The van der Waals surface area contributed by atoms with E-state index in [0.29, 0.717) is 11.8 Å². The van der Waals surface area contributed by atoms with E-state index in [1.165, 1.54) is 30.2 Å². The fourth-order valence-corrected chi connectivity index (χ4v) is 5.08. The predicted octanol–water partition coefficient (Wildman–Crippen LogP) is 4.16. The van der Waals surface area contributed by atoms with E-state index in [1.807, 2.05) is 16.1 Å². The standard InChI is InChI=1S/C20H23N5OS2/c1-14-8-10-15(11-9-14)19(17-7-4-12-27-17)21-18(26)13-28-20-22-23-24-25(20)16-5-2-3-6-16/h4,7-12,16,19H,2-3,5-6,13H2,1H3,(H,21,26). The van der Waals surface area contributed by atoms with Gasteiger partial charge in [-0.15, -0.1) is 16.4 Å². The van der Waals surface area contributed by atoms with Crippen LogP contribution in [-0.2, 0) is 4.79 Å². The summed E-state index contributed by atoms with van der Waals surface area (Å²) in [5.74, 6) is 0.269. The first-order valence-electron chi connectivity index (χ1n) is 9.50. The predicted molar refractivity (Wildman–Crippen MR) is 112 cm³/mol. The molecule has 0 aliphatic heterocycles. The second kappa shape index (κ2) is 8.87. The van der Waals surface area contributed by atoms with E-state index in [-0.39, 0.29) is 11.9 Å². The SMILES string of the molecule is Cc1ccc(C(NC(=O)CSc2nnnn2C2CCCC2)c2cccs2)cc1. The van der Waals surface area contributed by atoms with Crippen molar-refractivity contribution in [1.29, 1.82) is 0 Å².